The monoisotopic (exact) mass is 367 g/mol. The Morgan fingerprint density at radius 1 is 1.19 bits per heavy atom. The highest BCUT2D eigenvalue weighted by Gasteiger charge is 2.30. The molecule has 0 bridgehead atoms. The van der Waals surface area contributed by atoms with Gasteiger partial charge in [0.15, 0.2) is 23.6 Å². The van der Waals surface area contributed by atoms with E-state index in [-0.39, 0.29) is 6.17 Å². The van der Waals surface area contributed by atoms with Gasteiger partial charge in [0.2, 0.25) is 5.95 Å². The number of nitrogens with zero attached hydrogens (tertiary/aromatic N) is 5. The zero-order valence-corrected chi connectivity index (χ0v) is 15.5. The number of hydrogen-bond donors (Lipinski definition) is 2. The lowest BCUT2D eigenvalue weighted by Gasteiger charge is -2.24. The number of nitrogens with one attached hydrogen (secondary N) is 1. The lowest BCUT2D eigenvalue weighted by molar-refractivity contribution is 0.297. The minimum absolute atomic E-state index is 0.333. The van der Waals surface area contributed by atoms with E-state index in [1.165, 1.54) is 0 Å². The van der Waals surface area contributed by atoms with Gasteiger partial charge in [0.1, 0.15) is 0 Å². The van der Waals surface area contributed by atoms with E-state index in [0.29, 0.717) is 25.1 Å². The molecule has 0 saturated heterocycles. The van der Waals surface area contributed by atoms with Crippen molar-refractivity contribution in [1.82, 2.24) is 19.3 Å². The number of fused-ring (bicyclic) bond motifs is 4. The van der Waals surface area contributed by atoms with Crippen molar-refractivity contribution >= 4 is 22.9 Å². The van der Waals surface area contributed by atoms with Gasteiger partial charge in [0.25, 0.3) is 0 Å². The Labute approximate surface area is 155 Å². The number of aliphatic imine (C=N–C) groups is 1. The van der Waals surface area contributed by atoms with Crippen LogP contribution in [0.15, 0.2) is 17.1 Å². The summed E-state index contributed by atoms with van der Waals surface area (Å²) in [6.45, 7) is 5.28. The summed E-state index contributed by atoms with van der Waals surface area (Å²) in [4.78, 5) is 9.38. The largest absolute Gasteiger partial charge is 0.489 e. The number of anilines is 1. The number of benzene rings is 1. The van der Waals surface area contributed by atoms with E-state index in [0.717, 1.165) is 45.9 Å². The van der Waals surface area contributed by atoms with Crippen LogP contribution >= 0.6 is 0 Å². The number of guanidine groups is 1. The molecular formula is C18H21N7O2. The van der Waals surface area contributed by atoms with Gasteiger partial charge < -0.3 is 15.2 Å². The summed E-state index contributed by atoms with van der Waals surface area (Å²) in [5.41, 5.74) is 10.7. The Bertz CT molecular complexity index is 1100. The molecule has 0 spiro atoms. The van der Waals surface area contributed by atoms with Crippen LogP contribution in [0.25, 0.3) is 11.0 Å². The molecule has 4 heterocycles. The summed E-state index contributed by atoms with van der Waals surface area (Å²) in [6, 6.07) is 3.89. The minimum atomic E-state index is -0.343. The number of rotatable bonds is 1. The second kappa shape index (κ2) is 5.63. The van der Waals surface area contributed by atoms with Crippen LogP contribution in [0.3, 0.4) is 0 Å². The van der Waals surface area contributed by atoms with E-state index in [2.05, 4.69) is 15.4 Å². The molecule has 0 saturated carbocycles. The molecular weight excluding hydrogens is 346 g/mol. The Hall–Kier alpha value is -3.23. The van der Waals surface area contributed by atoms with Crippen molar-refractivity contribution in [2.24, 2.45) is 17.8 Å². The summed E-state index contributed by atoms with van der Waals surface area (Å²) in [5, 5.41) is 7.61. The van der Waals surface area contributed by atoms with E-state index in [4.69, 9.17) is 20.2 Å². The van der Waals surface area contributed by atoms with Gasteiger partial charge in [-0.2, -0.15) is 5.10 Å². The van der Waals surface area contributed by atoms with Crippen molar-refractivity contribution < 1.29 is 9.47 Å². The number of aromatic nitrogens is 4. The van der Waals surface area contributed by atoms with Crippen LogP contribution in [0.1, 0.15) is 29.5 Å². The van der Waals surface area contributed by atoms with Crippen LogP contribution in [-0.2, 0) is 7.05 Å². The van der Waals surface area contributed by atoms with Crippen molar-refractivity contribution in [1.29, 1.82) is 0 Å². The normalized spacial score (nSPS) is 18.6. The first kappa shape index (κ1) is 16.0. The molecule has 0 amide bonds. The third kappa shape index (κ3) is 2.34. The molecule has 2 aliphatic rings. The van der Waals surface area contributed by atoms with E-state index in [1.54, 1.807) is 0 Å². The van der Waals surface area contributed by atoms with E-state index >= 15 is 0 Å². The first-order valence-electron chi connectivity index (χ1n) is 8.95. The van der Waals surface area contributed by atoms with Crippen LogP contribution in [0.2, 0.25) is 0 Å². The maximum atomic E-state index is 6.06. The third-order valence-corrected chi connectivity index (χ3v) is 5.13. The van der Waals surface area contributed by atoms with Gasteiger partial charge in [0, 0.05) is 36.9 Å². The highest BCUT2D eigenvalue weighted by Crippen LogP contribution is 2.39. The van der Waals surface area contributed by atoms with Crippen LogP contribution in [0, 0.1) is 13.8 Å². The number of aryl methyl sites for hydroxylation is 2. The van der Waals surface area contributed by atoms with Crippen LogP contribution < -0.4 is 20.5 Å². The molecule has 2 aliphatic heterocycles. The molecule has 3 aromatic rings. The fourth-order valence-electron chi connectivity index (χ4n) is 3.78. The second-order valence-electron chi connectivity index (χ2n) is 6.86. The van der Waals surface area contributed by atoms with Crippen LogP contribution in [0.4, 0.5) is 5.95 Å². The SMILES string of the molecule is Cc1nn(C)c(C)c1[C@H]1N=C(N)Nc2nc3cc4c(cc3n21)OCCCO4. The molecule has 1 atom stereocenters. The summed E-state index contributed by atoms with van der Waals surface area (Å²) >= 11 is 0. The molecule has 5 rings (SSSR count). The van der Waals surface area contributed by atoms with E-state index < -0.39 is 0 Å². The van der Waals surface area contributed by atoms with Crippen LogP contribution in [0.5, 0.6) is 11.5 Å². The Balaban J connectivity index is 1.75. The summed E-state index contributed by atoms with van der Waals surface area (Å²) in [5.74, 6) is 2.42. The van der Waals surface area contributed by atoms with Gasteiger partial charge in [-0.3, -0.25) is 14.6 Å². The quantitative estimate of drug-likeness (QED) is 0.680. The molecule has 0 unspecified atom stereocenters. The molecule has 0 aliphatic carbocycles. The van der Waals surface area contributed by atoms with E-state index in [1.807, 2.05) is 42.3 Å². The van der Waals surface area contributed by atoms with Gasteiger partial charge in [0.05, 0.1) is 29.9 Å². The molecule has 1 aromatic carbocycles. The standard InChI is InChI=1S/C18H21N7O2/c1-9-15(10(2)24(3)23-9)16-21-17(19)22-18-20-11-7-13-14(8-12(11)25(16)18)27-6-4-5-26-13/h7-8,16H,4-6H2,1-3H3,(H3,19,20,21,22)/t16-/m0/s1. The molecule has 9 nitrogen and oxygen atoms in total. The van der Waals surface area contributed by atoms with Gasteiger partial charge in [-0.15, -0.1) is 0 Å². The molecule has 140 valence electrons. The predicted octanol–water partition coefficient (Wildman–Crippen LogP) is 1.84. The predicted molar refractivity (Wildman–Crippen MR) is 101 cm³/mol. The topological polar surface area (TPSA) is 105 Å². The fourth-order valence-corrected chi connectivity index (χ4v) is 3.78. The highest BCUT2D eigenvalue weighted by molar-refractivity contribution is 5.95. The van der Waals surface area contributed by atoms with Crippen molar-refractivity contribution in [3.63, 3.8) is 0 Å². The number of hydrogen-bond acceptors (Lipinski definition) is 7. The fraction of sp³-hybridized carbons (Fsp3) is 0.389. The molecule has 3 N–H and O–H groups in total. The molecule has 2 aromatic heterocycles. The summed E-state index contributed by atoms with van der Waals surface area (Å²) < 4.78 is 15.6. The van der Waals surface area contributed by atoms with Gasteiger partial charge in [-0.05, 0) is 13.8 Å². The average molecular weight is 367 g/mol. The third-order valence-electron chi connectivity index (χ3n) is 5.13. The number of nitrogens with two attached hydrogens (primary N) is 1. The van der Waals surface area contributed by atoms with Gasteiger partial charge >= 0.3 is 0 Å². The summed E-state index contributed by atoms with van der Waals surface area (Å²) in [6.07, 6.45) is 0.515. The van der Waals surface area contributed by atoms with Crippen molar-refractivity contribution in [2.75, 3.05) is 18.5 Å². The van der Waals surface area contributed by atoms with Gasteiger partial charge in [-0.1, -0.05) is 0 Å². The van der Waals surface area contributed by atoms with Crippen molar-refractivity contribution in [3.8, 4) is 11.5 Å². The molecule has 9 heteroatoms. The zero-order valence-electron chi connectivity index (χ0n) is 15.5. The van der Waals surface area contributed by atoms with Gasteiger partial charge in [-0.25, -0.2) is 9.98 Å². The Morgan fingerprint density at radius 2 is 1.93 bits per heavy atom. The number of imidazole rings is 1. The molecule has 0 radical (unpaired) electrons. The lowest BCUT2D eigenvalue weighted by Crippen LogP contribution is -2.31. The first-order chi connectivity index (χ1) is 13.0. The highest BCUT2D eigenvalue weighted by atomic mass is 16.5. The smallest absolute Gasteiger partial charge is 0.212 e. The van der Waals surface area contributed by atoms with Crippen molar-refractivity contribution in [2.45, 2.75) is 26.4 Å². The lowest BCUT2D eigenvalue weighted by atomic mass is 10.1. The molecule has 27 heavy (non-hydrogen) atoms. The van der Waals surface area contributed by atoms with Crippen LogP contribution in [-0.4, -0.2) is 38.5 Å². The maximum Gasteiger partial charge on any atom is 0.212 e. The van der Waals surface area contributed by atoms with Crippen molar-refractivity contribution in [3.05, 3.63) is 29.1 Å². The second-order valence-corrected chi connectivity index (χ2v) is 6.86. The number of ether oxygens (including phenoxy) is 2. The summed E-state index contributed by atoms with van der Waals surface area (Å²) in [7, 11) is 1.93. The minimum Gasteiger partial charge on any atom is -0.489 e. The average Bonchev–Trinajstić information content (AvgIpc) is 2.97. The Morgan fingerprint density at radius 3 is 2.63 bits per heavy atom. The maximum absolute atomic E-state index is 6.06. The first-order valence-corrected chi connectivity index (χ1v) is 8.95. The van der Waals surface area contributed by atoms with E-state index in [9.17, 15) is 0 Å². The Kier molecular flexibility index (Phi) is 3.33. The molecule has 0 fully saturated rings. The zero-order chi connectivity index (χ0) is 18.7.